The third kappa shape index (κ3) is 4.34. The summed E-state index contributed by atoms with van der Waals surface area (Å²) in [5.41, 5.74) is 0.737. The summed E-state index contributed by atoms with van der Waals surface area (Å²) in [7, 11) is 0. The SMILES string of the molecule is O=C(NC(=S)Nc1ccc(N2C(=O)c3ccccc3C2=O)cc1Cl)c1ccc(Cl)c([N+](=O)[O-])c1. The van der Waals surface area contributed by atoms with Crippen LogP contribution in [0.5, 0.6) is 0 Å². The van der Waals surface area contributed by atoms with Gasteiger partial charge in [-0.05, 0) is 54.7 Å². The van der Waals surface area contributed by atoms with Crippen molar-refractivity contribution in [2.24, 2.45) is 0 Å². The molecule has 3 aromatic carbocycles. The fourth-order valence-corrected chi connectivity index (χ4v) is 3.90. The zero-order chi connectivity index (χ0) is 24.6. The van der Waals surface area contributed by atoms with Gasteiger partial charge in [-0.2, -0.15) is 0 Å². The lowest BCUT2D eigenvalue weighted by molar-refractivity contribution is -0.384. The third-order valence-electron chi connectivity index (χ3n) is 4.89. The van der Waals surface area contributed by atoms with E-state index >= 15 is 0 Å². The number of fused-ring (bicyclic) bond motifs is 1. The van der Waals surface area contributed by atoms with Gasteiger partial charge in [-0.15, -0.1) is 0 Å². The number of benzene rings is 3. The van der Waals surface area contributed by atoms with Crippen LogP contribution in [0.4, 0.5) is 17.1 Å². The van der Waals surface area contributed by atoms with E-state index in [1.807, 2.05) is 0 Å². The highest BCUT2D eigenvalue weighted by atomic mass is 35.5. The Morgan fingerprint density at radius 3 is 2.18 bits per heavy atom. The largest absolute Gasteiger partial charge is 0.331 e. The minimum Gasteiger partial charge on any atom is -0.331 e. The Balaban J connectivity index is 1.47. The predicted molar refractivity (Wildman–Crippen MR) is 131 cm³/mol. The number of anilines is 2. The molecule has 0 saturated heterocycles. The van der Waals surface area contributed by atoms with Gasteiger partial charge >= 0.3 is 0 Å². The standard InChI is InChI=1S/C22H12Cl2N4O5S/c23-15-7-5-11(9-18(15)28(32)33)19(29)26-22(34)25-17-8-6-12(10-16(17)24)27-20(30)13-3-1-2-4-14(13)21(27)31/h1-10H,(H2,25,26,29,34). The van der Waals surface area contributed by atoms with Crippen LogP contribution in [0.1, 0.15) is 31.1 Å². The molecule has 0 atom stereocenters. The third-order valence-corrected chi connectivity index (χ3v) is 5.72. The molecule has 3 aromatic rings. The maximum absolute atomic E-state index is 12.7. The highest BCUT2D eigenvalue weighted by molar-refractivity contribution is 7.80. The van der Waals surface area contributed by atoms with E-state index in [1.54, 1.807) is 24.3 Å². The Bertz CT molecular complexity index is 1380. The predicted octanol–water partition coefficient (Wildman–Crippen LogP) is 4.83. The maximum atomic E-state index is 12.7. The van der Waals surface area contributed by atoms with Crippen LogP contribution in [-0.2, 0) is 0 Å². The lowest BCUT2D eigenvalue weighted by Crippen LogP contribution is -2.34. The maximum Gasteiger partial charge on any atom is 0.288 e. The number of rotatable bonds is 4. The second-order valence-corrected chi connectivity index (χ2v) is 8.21. The molecule has 0 aliphatic carbocycles. The van der Waals surface area contributed by atoms with Crippen molar-refractivity contribution in [3.63, 3.8) is 0 Å². The molecule has 1 heterocycles. The van der Waals surface area contributed by atoms with Crippen LogP contribution in [-0.4, -0.2) is 27.8 Å². The molecular formula is C22H12Cl2N4O5S. The van der Waals surface area contributed by atoms with Gasteiger partial charge in [0.25, 0.3) is 23.4 Å². The van der Waals surface area contributed by atoms with Crippen LogP contribution in [0.2, 0.25) is 10.0 Å². The summed E-state index contributed by atoms with van der Waals surface area (Å²) in [5.74, 6) is -1.62. The fraction of sp³-hybridized carbons (Fsp3) is 0. The van der Waals surface area contributed by atoms with Gasteiger partial charge in [0.1, 0.15) is 5.02 Å². The number of halogens is 2. The summed E-state index contributed by atoms with van der Waals surface area (Å²) in [4.78, 5) is 49.0. The Hall–Kier alpha value is -3.86. The van der Waals surface area contributed by atoms with Crippen molar-refractivity contribution in [3.8, 4) is 0 Å². The molecule has 170 valence electrons. The number of hydrogen-bond donors (Lipinski definition) is 2. The second kappa shape index (κ2) is 9.18. The normalized spacial score (nSPS) is 12.4. The lowest BCUT2D eigenvalue weighted by Gasteiger charge is -2.16. The van der Waals surface area contributed by atoms with Crippen LogP contribution in [0.3, 0.4) is 0 Å². The summed E-state index contributed by atoms with van der Waals surface area (Å²) in [5, 5.41) is 16.0. The molecule has 0 fully saturated rings. The van der Waals surface area contributed by atoms with Gasteiger partial charge in [-0.1, -0.05) is 35.3 Å². The number of carbonyl (C=O) groups is 3. The Morgan fingerprint density at radius 2 is 1.59 bits per heavy atom. The summed E-state index contributed by atoms with van der Waals surface area (Å²) in [6.45, 7) is 0. The van der Waals surface area contributed by atoms with Crippen LogP contribution >= 0.6 is 35.4 Å². The number of nitro benzene ring substituents is 1. The highest BCUT2D eigenvalue weighted by Gasteiger charge is 2.36. The Morgan fingerprint density at radius 1 is 0.941 bits per heavy atom. The molecule has 1 aliphatic heterocycles. The first kappa shape index (κ1) is 23.3. The molecule has 0 saturated carbocycles. The van der Waals surface area contributed by atoms with E-state index in [4.69, 9.17) is 35.4 Å². The molecule has 12 heteroatoms. The van der Waals surface area contributed by atoms with Gasteiger partial charge in [-0.25, -0.2) is 4.90 Å². The number of carbonyl (C=O) groups excluding carboxylic acids is 3. The number of nitrogens with one attached hydrogen (secondary N) is 2. The monoisotopic (exact) mass is 514 g/mol. The van der Waals surface area contributed by atoms with Crippen LogP contribution in [0, 0.1) is 10.1 Å². The van der Waals surface area contributed by atoms with Crippen molar-refractivity contribution in [2.75, 3.05) is 10.2 Å². The second-order valence-electron chi connectivity index (χ2n) is 6.99. The van der Waals surface area contributed by atoms with Crippen LogP contribution in [0.25, 0.3) is 0 Å². The average molecular weight is 515 g/mol. The van der Waals surface area contributed by atoms with Crippen molar-refractivity contribution in [2.45, 2.75) is 0 Å². The first-order valence-corrected chi connectivity index (χ1v) is 10.7. The fourth-order valence-electron chi connectivity index (χ4n) is 3.29. The molecule has 0 radical (unpaired) electrons. The molecule has 0 spiro atoms. The molecular weight excluding hydrogens is 503 g/mol. The van der Waals surface area contributed by atoms with E-state index in [0.717, 1.165) is 11.0 Å². The molecule has 0 aromatic heterocycles. The molecule has 9 nitrogen and oxygen atoms in total. The summed E-state index contributed by atoms with van der Waals surface area (Å²) < 4.78 is 0. The summed E-state index contributed by atoms with van der Waals surface area (Å²) >= 11 is 17.2. The molecule has 2 N–H and O–H groups in total. The minimum atomic E-state index is -0.703. The minimum absolute atomic E-state index is 0.0210. The lowest BCUT2D eigenvalue weighted by atomic mass is 10.1. The first-order chi connectivity index (χ1) is 16.2. The molecule has 0 unspecified atom stereocenters. The first-order valence-electron chi connectivity index (χ1n) is 9.51. The van der Waals surface area contributed by atoms with Crippen molar-refractivity contribution in [3.05, 3.63) is 97.5 Å². The number of thiocarbonyl (C=S) groups is 1. The Labute approximate surface area is 207 Å². The van der Waals surface area contributed by atoms with Gasteiger partial charge in [-0.3, -0.25) is 29.8 Å². The molecule has 1 aliphatic rings. The van der Waals surface area contributed by atoms with Gasteiger partial charge in [0.05, 0.1) is 32.4 Å². The van der Waals surface area contributed by atoms with Gasteiger partial charge < -0.3 is 5.32 Å². The quantitative estimate of drug-likeness (QED) is 0.221. The summed E-state index contributed by atoms with van der Waals surface area (Å²) in [6, 6.07) is 14.5. The molecule has 34 heavy (non-hydrogen) atoms. The highest BCUT2D eigenvalue weighted by Crippen LogP contribution is 2.33. The number of nitro groups is 1. The van der Waals surface area contributed by atoms with Gasteiger partial charge in [0.15, 0.2) is 5.11 Å². The average Bonchev–Trinajstić information content (AvgIpc) is 3.05. The van der Waals surface area contributed by atoms with Crippen molar-refractivity contribution in [1.82, 2.24) is 5.32 Å². The number of imide groups is 1. The number of hydrogen-bond acceptors (Lipinski definition) is 6. The summed E-state index contributed by atoms with van der Waals surface area (Å²) in [6.07, 6.45) is 0. The molecule has 3 amide bonds. The van der Waals surface area contributed by atoms with E-state index < -0.39 is 28.3 Å². The smallest absolute Gasteiger partial charge is 0.288 e. The van der Waals surface area contributed by atoms with E-state index in [0.29, 0.717) is 16.8 Å². The van der Waals surface area contributed by atoms with Gasteiger partial charge in [0, 0.05) is 11.6 Å². The zero-order valence-corrected chi connectivity index (χ0v) is 19.2. The molecule has 4 rings (SSSR count). The van der Waals surface area contributed by atoms with Crippen LogP contribution in [0.15, 0.2) is 60.7 Å². The van der Waals surface area contributed by atoms with Crippen molar-refractivity contribution >= 4 is 75.3 Å². The number of nitrogens with zero attached hydrogens (tertiary/aromatic N) is 2. The van der Waals surface area contributed by atoms with E-state index in [-0.39, 0.29) is 26.4 Å². The van der Waals surface area contributed by atoms with Crippen LogP contribution < -0.4 is 15.5 Å². The van der Waals surface area contributed by atoms with E-state index in [9.17, 15) is 24.5 Å². The van der Waals surface area contributed by atoms with Crippen molar-refractivity contribution < 1.29 is 19.3 Å². The molecule has 0 bridgehead atoms. The van der Waals surface area contributed by atoms with Gasteiger partial charge in [0.2, 0.25) is 0 Å². The zero-order valence-electron chi connectivity index (χ0n) is 16.9. The topological polar surface area (TPSA) is 122 Å². The number of amides is 3. The van der Waals surface area contributed by atoms with Crippen molar-refractivity contribution in [1.29, 1.82) is 0 Å². The Kier molecular flexibility index (Phi) is 6.29. The van der Waals surface area contributed by atoms with E-state index in [2.05, 4.69) is 10.6 Å². The van der Waals surface area contributed by atoms with E-state index in [1.165, 1.54) is 30.3 Å².